The lowest BCUT2D eigenvalue weighted by Gasteiger charge is -2.11. The highest BCUT2D eigenvalue weighted by molar-refractivity contribution is 6.33. The number of fused-ring (bicyclic) bond motifs is 1. The molecule has 0 atom stereocenters. The Morgan fingerprint density at radius 1 is 1.26 bits per heavy atom. The molecular weight excluding hydrogens is 318 g/mol. The minimum atomic E-state index is -0.561. The summed E-state index contributed by atoms with van der Waals surface area (Å²) in [6.07, 6.45) is 2.26. The number of nitrogens with one attached hydrogen (secondary N) is 1. The van der Waals surface area contributed by atoms with Crippen molar-refractivity contribution in [2.24, 2.45) is 5.73 Å². The molecule has 6 nitrogen and oxygen atoms in total. The predicted molar refractivity (Wildman–Crippen MR) is 87.1 cm³/mol. The fourth-order valence-electron chi connectivity index (χ4n) is 2.21. The first-order valence-electron chi connectivity index (χ1n) is 7.21. The number of ether oxygens (including phenoxy) is 2. The van der Waals surface area contributed by atoms with Gasteiger partial charge in [0.15, 0.2) is 11.5 Å². The van der Waals surface area contributed by atoms with Crippen LogP contribution in [0.5, 0.6) is 11.5 Å². The number of benzene rings is 1. The maximum atomic E-state index is 11.1. The second-order valence-electron chi connectivity index (χ2n) is 5.10. The zero-order valence-corrected chi connectivity index (χ0v) is 13.1. The summed E-state index contributed by atoms with van der Waals surface area (Å²) in [4.78, 5) is 15.2. The minimum Gasteiger partial charge on any atom is -0.490 e. The maximum absolute atomic E-state index is 11.1. The Bertz CT molecular complexity index is 737. The Kier molecular flexibility index (Phi) is 4.52. The Morgan fingerprint density at radius 3 is 2.78 bits per heavy atom. The lowest BCUT2D eigenvalue weighted by atomic mass is 10.2. The van der Waals surface area contributed by atoms with E-state index >= 15 is 0 Å². The molecular formula is C16H16ClN3O3. The smallest absolute Gasteiger partial charge is 0.250 e. The van der Waals surface area contributed by atoms with Crippen LogP contribution in [0.2, 0.25) is 5.02 Å². The molecule has 1 aliphatic heterocycles. The van der Waals surface area contributed by atoms with E-state index in [-0.39, 0.29) is 5.56 Å². The third-order valence-corrected chi connectivity index (χ3v) is 3.69. The fraction of sp³-hybridized carbons (Fsp3) is 0.250. The van der Waals surface area contributed by atoms with Crippen LogP contribution in [0, 0.1) is 0 Å². The van der Waals surface area contributed by atoms with E-state index in [1.54, 1.807) is 0 Å². The van der Waals surface area contributed by atoms with Crippen molar-refractivity contribution in [3.63, 3.8) is 0 Å². The van der Waals surface area contributed by atoms with Gasteiger partial charge in [-0.05, 0) is 23.8 Å². The van der Waals surface area contributed by atoms with Gasteiger partial charge in [-0.15, -0.1) is 0 Å². The van der Waals surface area contributed by atoms with Crippen LogP contribution in [-0.4, -0.2) is 24.1 Å². The van der Waals surface area contributed by atoms with Crippen LogP contribution in [0.25, 0.3) is 0 Å². The first-order valence-corrected chi connectivity index (χ1v) is 7.59. The van der Waals surface area contributed by atoms with E-state index in [1.807, 2.05) is 18.2 Å². The number of carbonyl (C=O) groups is 1. The van der Waals surface area contributed by atoms with Crippen molar-refractivity contribution in [3.05, 3.63) is 46.6 Å². The number of nitrogens with zero attached hydrogens (tertiary/aromatic N) is 1. The summed E-state index contributed by atoms with van der Waals surface area (Å²) in [5.41, 5.74) is 6.47. The molecule has 7 heteroatoms. The van der Waals surface area contributed by atoms with E-state index in [0.717, 1.165) is 23.5 Å². The number of nitrogens with two attached hydrogens (primary N) is 1. The highest BCUT2D eigenvalue weighted by atomic mass is 35.5. The highest BCUT2D eigenvalue weighted by Gasteiger charge is 2.11. The molecule has 0 saturated carbocycles. The minimum absolute atomic E-state index is 0.274. The molecule has 3 N–H and O–H groups in total. The van der Waals surface area contributed by atoms with Gasteiger partial charge in [-0.3, -0.25) is 4.79 Å². The number of hydrogen-bond acceptors (Lipinski definition) is 5. The molecule has 1 aliphatic rings. The Morgan fingerprint density at radius 2 is 2.04 bits per heavy atom. The zero-order valence-electron chi connectivity index (χ0n) is 12.3. The van der Waals surface area contributed by atoms with Crippen LogP contribution in [0.1, 0.15) is 22.3 Å². The van der Waals surface area contributed by atoms with Gasteiger partial charge >= 0.3 is 0 Å². The van der Waals surface area contributed by atoms with Gasteiger partial charge in [0.25, 0.3) is 0 Å². The Balaban J connectivity index is 1.71. The summed E-state index contributed by atoms with van der Waals surface area (Å²) in [7, 11) is 0. The second kappa shape index (κ2) is 6.75. The van der Waals surface area contributed by atoms with Gasteiger partial charge < -0.3 is 20.5 Å². The van der Waals surface area contributed by atoms with Crippen molar-refractivity contribution in [1.82, 2.24) is 4.98 Å². The molecule has 1 aromatic heterocycles. The van der Waals surface area contributed by atoms with Crippen molar-refractivity contribution in [1.29, 1.82) is 0 Å². The second-order valence-corrected chi connectivity index (χ2v) is 5.51. The van der Waals surface area contributed by atoms with Gasteiger partial charge in [-0.2, -0.15) is 0 Å². The van der Waals surface area contributed by atoms with Gasteiger partial charge in [0, 0.05) is 19.2 Å². The van der Waals surface area contributed by atoms with Gasteiger partial charge in [-0.1, -0.05) is 17.7 Å². The van der Waals surface area contributed by atoms with Crippen molar-refractivity contribution in [3.8, 4) is 11.5 Å². The lowest BCUT2D eigenvalue weighted by molar-refractivity contribution is 0.1000. The number of carbonyl (C=O) groups excluding carboxylic acids is 1. The Hall–Kier alpha value is -2.47. The van der Waals surface area contributed by atoms with Crippen molar-refractivity contribution < 1.29 is 14.3 Å². The average Bonchev–Trinajstić information content (AvgIpc) is 2.78. The van der Waals surface area contributed by atoms with Gasteiger partial charge in [0.05, 0.1) is 23.8 Å². The maximum Gasteiger partial charge on any atom is 0.250 e. The quantitative estimate of drug-likeness (QED) is 0.898. The molecule has 120 valence electrons. The number of hydrogen-bond donors (Lipinski definition) is 2. The van der Waals surface area contributed by atoms with E-state index < -0.39 is 5.91 Å². The van der Waals surface area contributed by atoms with E-state index in [0.29, 0.717) is 30.6 Å². The zero-order chi connectivity index (χ0) is 16.2. The molecule has 23 heavy (non-hydrogen) atoms. The summed E-state index contributed by atoms with van der Waals surface area (Å²) >= 11 is 6.10. The Labute approximate surface area is 138 Å². The molecule has 0 aliphatic carbocycles. The molecule has 0 saturated heterocycles. The molecule has 3 rings (SSSR count). The van der Waals surface area contributed by atoms with Gasteiger partial charge in [-0.25, -0.2) is 4.98 Å². The summed E-state index contributed by atoms with van der Waals surface area (Å²) in [5.74, 6) is 1.43. The van der Waals surface area contributed by atoms with Crippen LogP contribution in [0.3, 0.4) is 0 Å². The van der Waals surface area contributed by atoms with Crippen molar-refractivity contribution in [2.45, 2.75) is 13.0 Å². The number of aromatic nitrogens is 1. The van der Waals surface area contributed by atoms with Gasteiger partial charge in [0.2, 0.25) is 5.91 Å². The van der Waals surface area contributed by atoms with E-state index in [2.05, 4.69) is 10.3 Å². The number of halogens is 1. The van der Waals surface area contributed by atoms with E-state index in [4.69, 9.17) is 26.8 Å². The van der Waals surface area contributed by atoms with Crippen LogP contribution in [0.15, 0.2) is 30.5 Å². The molecule has 0 fully saturated rings. The average molecular weight is 334 g/mol. The number of rotatable bonds is 4. The predicted octanol–water partition coefficient (Wildman–Crippen LogP) is 2.61. The standard InChI is InChI=1S/C16H16ClN3O3/c17-12-7-11(15(18)21)9-20-16(12)19-8-10-2-3-13-14(6-10)23-5-1-4-22-13/h2-3,6-7,9H,1,4-5,8H2,(H2,18,21)(H,19,20). The first-order chi connectivity index (χ1) is 11.1. The fourth-order valence-corrected chi connectivity index (χ4v) is 2.44. The SMILES string of the molecule is NC(=O)c1cnc(NCc2ccc3c(c2)OCCCO3)c(Cl)c1. The molecule has 2 heterocycles. The van der Waals surface area contributed by atoms with Crippen LogP contribution < -0.4 is 20.5 Å². The summed E-state index contributed by atoms with van der Waals surface area (Å²) in [6.45, 7) is 1.82. The molecule has 1 aromatic carbocycles. The van der Waals surface area contributed by atoms with Crippen LogP contribution in [-0.2, 0) is 6.54 Å². The third kappa shape index (κ3) is 3.65. The highest BCUT2D eigenvalue weighted by Crippen LogP contribution is 2.30. The van der Waals surface area contributed by atoms with Crippen LogP contribution in [0.4, 0.5) is 5.82 Å². The molecule has 0 unspecified atom stereocenters. The number of amides is 1. The monoisotopic (exact) mass is 333 g/mol. The third-order valence-electron chi connectivity index (χ3n) is 3.40. The summed E-state index contributed by atoms with van der Waals surface area (Å²) in [5, 5.41) is 3.47. The molecule has 0 bridgehead atoms. The lowest BCUT2D eigenvalue weighted by Crippen LogP contribution is -2.12. The van der Waals surface area contributed by atoms with Crippen molar-refractivity contribution in [2.75, 3.05) is 18.5 Å². The molecule has 2 aromatic rings. The number of anilines is 1. The largest absolute Gasteiger partial charge is 0.490 e. The summed E-state index contributed by atoms with van der Waals surface area (Å²) in [6, 6.07) is 7.27. The van der Waals surface area contributed by atoms with Crippen LogP contribution >= 0.6 is 11.6 Å². The number of pyridine rings is 1. The molecule has 0 spiro atoms. The number of primary amides is 1. The van der Waals surface area contributed by atoms with E-state index in [9.17, 15) is 4.79 Å². The van der Waals surface area contributed by atoms with E-state index in [1.165, 1.54) is 12.3 Å². The first kappa shape index (κ1) is 15.4. The normalized spacial score (nSPS) is 13.3. The summed E-state index contributed by atoms with van der Waals surface area (Å²) < 4.78 is 11.3. The molecule has 1 amide bonds. The topological polar surface area (TPSA) is 86.5 Å². The van der Waals surface area contributed by atoms with Crippen molar-refractivity contribution >= 4 is 23.3 Å². The molecule has 0 radical (unpaired) electrons. The van der Waals surface area contributed by atoms with Gasteiger partial charge in [0.1, 0.15) is 5.82 Å².